The molecule has 0 amide bonds. The maximum absolute atomic E-state index is 11.8. The van der Waals surface area contributed by atoms with E-state index in [1.165, 1.54) is 8.61 Å². The molecule has 1 rings (SSSR count). The Balaban J connectivity index is 2.51. The molecular weight excluding hydrogens is 220 g/mol. The standard InChI is InChI=1S/C8H18N2O4S/c1-13-7-5-9-3-4-10(6-8-14-2)15(9,11)12/h3-8H2,1-2H3. The first-order valence-electron chi connectivity index (χ1n) is 4.86. The summed E-state index contributed by atoms with van der Waals surface area (Å²) in [5.41, 5.74) is 0. The lowest BCUT2D eigenvalue weighted by molar-refractivity contribution is 0.182. The van der Waals surface area contributed by atoms with Crippen LogP contribution in [-0.4, -0.2) is 70.6 Å². The minimum Gasteiger partial charge on any atom is -0.383 e. The van der Waals surface area contributed by atoms with E-state index in [2.05, 4.69) is 0 Å². The van der Waals surface area contributed by atoms with Crippen molar-refractivity contribution in [3.63, 3.8) is 0 Å². The van der Waals surface area contributed by atoms with Gasteiger partial charge in [0.1, 0.15) is 0 Å². The highest BCUT2D eigenvalue weighted by Crippen LogP contribution is 2.15. The fourth-order valence-corrected chi connectivity index (χ4v) is 3.02. The maximum atomic E-state index is 11.8. The van der Waals surface area contributed by atoms with E-state index < -0.39 is 10.2 Å². The molecule has 0 aromatic heterocycles. The van der Waals surface area contributed by atoms with Crippen LogP contribution in [0, 0.1) is 0 Å². The van der Waals surface area contributed by atoms with E-state index in [-0.39, 0.29) is 0 Å². The molecule has 0 aliphatic carbocycles. The summed E-state index contributed by atoms with van der Waals surface area (Å²) in [4.78, 5) is 0. The van der Waals surface area contributed by atoms with Gasteiger partial charge in [0.15, 0.2) is 0 Å². The summed E-state index contributed by atoms with van der Waals surface area (Å²) in [5, 5.41) is 0. The minimum absolute atomic E-state index is 0.419. The van der Waals surface area contributed by atoms with Crippen LogP contribution in [0.25, 0.3) is 0 Å². The minimum atomic E-state index is -3.27. The van der Waals surface area contributed by atoms with Gasteiger partial charge in [0, 0.05) is 40.4 Å². The average Bonchev–Trinajstić information content (AvgIpc) is 2.48. The van der Waals surface area contributed by atoms with Crippen molar-refractivity contribution in [3.8, 4) is 0 Å². The number of hydrogen-bond donors (Lipinski definition) is 0. The largest absolute Gasteiger partial charge is 0.383 e. The molecule has 1 heterocycles. The van der Waals surface area contributed by atoms with Gasteiger partial charge >= 0.3 is 0 Å². The van der Waals surface area contributed by atoms with Crippen LogP contribution in [0.1, 0.15) is 0 Å². The zero-order valence-corrected chi connectivity index (χ0v) is 9.99. The third-order valence-electron chi connectivity index (χ3n) is 2.34. The molecular formula is C8H18N2O4S. The van der Waals surface area contributed by atoms with Gasteiger partial charge in [-0.1, -0.05) is 0 Å². The zero-order chi connectivity index (χ0) is 11.3. The van der Waals surface area contributed by atoms with Crippen molar-refractivity contribution in [2.24, 2.45) is 0 Å². The number of ether oxygens (including phenoxy) is 2. The highest BCUT2D eigenvalue weighted by Gasteiger charge is 2.35. The molecule has 1 saturated heterocycles. The van der Waals surface area contributed by atoms with Crippen LogP contribution in [0.5, 0.6) is 0 Å². The predicted molar refractivity (Wildman–Crippen MR) is 55.8 cm³/mol. The van der Waals surface area contributed by atoms with Crippen LogP contribution < -0.4 is 0 Å². The van der Waals surface area contributed by atoms with E-state index in [4.69, 9.17) is 9.47 Å². The molecule has 6 nitrogen and oxygen atoms in total. The molecule has 0 aromatic carbocycles. The van der Waals surface area contributed by atoms with Crippen molar-refractivity contribution < 1.29 is 17.9 Å². The highest BCUT2D eigenvalue weighted by atomic mass is 32.2. The second-order valence-corrected chi connectivity index (χ2v) is 5.22. The second-order valence-electron chi connectivity index (χ2n) is 3.29. The number of nitrogens with zero attached hydrogens (tertiary/aromatic N) is 2. The van der Waals surface area contributed by atoms with Crippen LogP contribution in [0.15, 0.2) is 0 Å². The van der Waals surface area contributed by atoms with E-state index in [1.54, 1.807) is 14.2 Å². The number of hydrogen-bond acceptors (Lipinski definition) is 4. The summed E-state index contributed by atoms with van der Waals surface area (Å²) < 4.78 is 36.3. The van der Waals surface area contributed by atoms with Crippen molar-refractivity contribution >= 4 is 10.2 Å². The quantitative estimate of drug-likeness (QED) is 0.604. The normalized spacial score (nSPS) is 22.3. The lowest BCUT2D eigenvalue weighted by Crippen LogP contribution is -2.36. The molecule has 0 atom stereocenters. The first-order chi connectivity index (χ1) is 7.12. The van der Waals surface area contributed by atoms with Gasteiger partial charge in [0.05, 0.1) is 13.2 Å². The Kier molecular flexibility index (Phi) is 4.94. The fraction of sp³-hybridized carbons (Fsp3) is 1.00. The lowest BCUT2D eigenvalue weighted by atomic mass is 10.5. The van der Waals surface area contributed by atoms with E-state index in [1.807, 2.05) is 0 Å². The molecule has 0 bridgehead atoms. The number of rotatable bonds is 6. The van der Waals surface area contributed by atoms with E-state index in [0.29, 0.717) is 39.4 Å². The molecule has 0 spiro atoms. The van der Waals surface area contributed by atoms with Crippen molar-refractivity contribution in [1.82, 2.24) is 8.61 Å². The Morgan fingerprint density at radius 1 is 1.00 bits per heavy atom. The van der Waals surface area contributed by atoms with Gasteiger partial charge in [0.25, 0.3) is 10.2 Å². The lowest BCUT2D eigenvalue weighted by Gasteiger charge is -2.17. The van der Waals surface area contributed by atoms with Gasteiger partial charge in [-0.05, 0) is 0 Å². The third-order valence-corrected chi connectivity index (χ3v) is 4.38. The summed E-state index contributed by atoms with van der Waals surface area (Å²) >= 11 is 0. The molecule has 1 aliphatic rings. The SMILES string of the molecule is COCCN1CCN(CCOC)S1(=O)=O. The van der Waals surface area contributed by atoms with Crippen LogP contribution in [-0.2, 0) is 19.7 Å². The van der Waals surface area contributed by atoms with Crippen LogP contribution in [0.4, 0.5) is 0 Å². The second kappa shape index (κ2) is 5.76. The predicted octanol–water partition coefficient (Wildman–Crippen LogP) is -0.858. The first kappa shape index (κ1) is 12.9. The fourth-order valence-electron chi connectivity index (χ4n) is 1.46. The van der Waals surface area contributed by atoms with Crippen molar-refractivity contribution in [2.45, 2.75) is 0 Å². The van der Waals surface area contributed by atoms with Gasteiger partial charge in [-0.25, -0.2) is 0 Å². The molecule has 1 fully saturated rings. The van der Waals surface area contributed by atoms with Crippen molar-refractivity contribution in [2.75, 3.05) is 53.6 Å². The van der Waals surface area contributed by atoms with Gasteiger partial charge < -0.3 is 9.47 Å². The third kappa shape index (κ3) is 3.12. The van der Waals surface area contributed by atoms with E-state index >= 15 is 0 Å². The van der Waals surface area contributed by atoms with Crippen molar-refractivity contribution in [3.05, 3.63) is 0 Å². The molecule has 0 radical (unpaired) electrons. The monoisotopic (exact) mass is 238 g/mol. The molecule has 0 saturated carbocycles. The molecule has 0 unspecified atom stereocenters. The smallest absolute Gasteiger partial charge is 0.282 e. The van der Waals surface area contributed by atoms with Gasteiger partial charge in [-0.2, -0.15) is 17.0 Å². The van der Waals surface area contributed by atoms with Gasteiger partial charge in [0.2, 0.25) is 0 Å². The van der Waals surface area contributed by atoms with Crippen LogP contribution >= 0.6 is 0 Å². The molecule has 0 aromatic rings. The van der Waals surface area contributed by atoms with E-state index in [9.17, 15) is 8.42 Å². The molecule has 7 heteroatoms. The Morgan fingerprint density at radius 2 is 1.40 bits per heavy atom. The maximum Gasteiger partial charge on any atom is 0.282 e. The van der Waals surface area contributed by atoms with Crippen LogP contribution in [0.3, 0.4) is 0 Å². The van der Waals surface area contributed by atoms with Crippen LogP contribution in [0.2, 0.25) is 0 Å². The Hall–Kier alpha value is -0.210. The molecule has 90 valence electrons. The highest BCUT2D eigenvalue weighted by molar-refractivity contribution is 7.87. The zero-order valence-electron chi connectivity index (χ0n) is 9.18. The summed E-state index contributed by atoms with van der Waals surface area (Å²) in [6.07, 6.45) is 0. The summed E-state index contributed by atoms with van der Waals surface area (Å²) in [5.74, 6) is 0. The topological polar surface area (TPSA) is 59.1 Å². The number of methoxy groups -OCH3 is 2. The van der Waals surface area contributed by atoms with Gasteiger partial charge in [-0.15, -0.1) is 0 Å². The average molecular weight is 238 g/mol. The summed E-state index contributed by atoms with van der Waals surface area (Å²) in [6, 6.07) is 0. The van der Waals surface area contributed by atoms with Crippen molar-refractivity contribution in [1.29, 1.82) is 0 Å². The Morgan fingerprint density at radius 3 is 1.73 bits per heavy atom. The summed E-state index contributed by atoms with van der Waals surface area (Å²) in [7, 11) is -0.144. The molecule has 15 heavy (non-hydrogen) atoms. The Bertz CT molecular complexity index is 258. The van der Waals surface area contributed by atoms with Gasteiger partial charge in [-0.3, -0.25) is 0 Å². The first-order valence-corrected chi connectivity index (χ1v) is 6.25. The molecule has 0 N–H and O–H groups in total. The summed E-state index contributed by atoms with van der Waals surface area (Å²) in [6.45, 7) is 2.77. The van der Waals surface area contributed by atoms with E-state index in [0.717, 1.165) is 0 Å². The Labute approximate surface area is 90.9 Å². The molecule has 1 aliphatic heterocycles.